The number of anilines is 1. The summed E-state index contributed by atoms with van der Waals surface area (Å²) >= 11 is 5.74. The second kappa shape index (κ2) is 6.23. The first-order valence-electron chi connectivity index (χ1n) is 6.04. The van der Waals surface area contributed by atoms with E-state index >= 15 is 0 Å². The molecule has 116 valence electrons. The van der Waals surface area contributed by atoms with Crippen molar-refractivity contribution in [2.24, 2.45) is 0 Å². The summed E-state index contributed by atoms with van der Waals surface area (Å²) in [5.74, 6) is -0.0358. The van der Waals surface area contributed by atoms with Crippen LogP contribution in [0.5, 0.6) is 11.6 Å². The molecule has 0 atom stereocenters. The number of nitrogens with one attached hydrogen (secondary N) is 1. The third kappa shape index (κ3) is 4.11. The van der Waals surface area contributed by atoms with Crippen molar-refractivity contribution in [3.05, 3.63) is 47.1 Å². The Labute approximate surface area is 128 Å². The lowest BCUT2D eigenvalue weighted by molar-refractivity contribution is -0.137. The van der Waals surface area contributed by atoms with E-state index in [0.717, 1.165) is 6.07 Å². The number of hydrogen-bond donors (Lipinski definition) is 1. The van der Waals surface area contributed by atoms with Crippen LogP contribution in [0.2, 0.25) is 5.02 Å². The van der Waals surface area contributed by atoms with Gasteiger partial charge in [-0.2, -0.15) is 13.2 Å². The average Bonchev–Trinajstić information content (AvgIpc) is 2.41. The monoisotopic (exact) mass is 330 g/mol. The molecule has 1 heterocycles. The number of carbonyl (C=O) groups excluding carboxylic acids is 1. The van der Waals surface area contributed by atoms with Crippen molar-refractivity contribution in [3.63, 3.8) is 0 Å². The molecule has 0 aliphatic rings. The number of ether oxygens (including phenoxy) is 1. The number of amides is 1. The summed E-state index contributed by atoms with van der Waals surface area (Å²) in [7, 11) is 0. The maximum absolute atomic E-state index is 12.5. The molecule has 0 unspecified atom stereocenters. The minimum atomic E-state index is -4.52. The number of hydrogen-bond acceptors (Lipinski definition) is 3. The lowest BCUT2D eigenvalue weighted by Crippen LogP contribution is -2.06. The molecule has 22 heavy (non-hydrogen) atoms. The Morgan fingerprint density at radius 1 is 1.27 bits per heavy atom. The molecule has 1 N–H and O–H groups in total. The van der Waals surface area contributed by atoms with Gasteiger partial charge in [-0.05, 0) is 30.3 Å². The van der Waals surface area contributed by atoms with Crippen LogP contribution in [0, 0.1) is 0 Å². The second-order valence-corrected chi connectivity index (χ2v) is 4.72. The first-order valence-corrected chi connectivity index (χ1v) is 6.42. The fourth-order valence-electron chi connectivity index (χ4n) is 1.58. The van der Waals surface area contributed by atoms with Crippen LogP contribution in [-0.4, -0.2) is 10.9 Å². The predicted octanol–water partition coefficient (Wildman–Crippen LogP) is 4.50. The average molecular weight is 331 g/mol. The number of pyridine rings is 1. The number of alkyl halides is 3. The Morgan fingerprint density at radius 2 is 1.91 bits per heavy atom. The molecule has 2 aromatic rings. The van der Waals surface area contributed by atoms with Crippen molar-refractivity contribution in [2.45, 2.75) is 13.1 Å². The highest BCUT2D eigenvalue weighted by Gasteiger charge is 2.31. The summed E-state index contributed by atoms with van der Waals surface area (Å²) in [4.78, 5) is 14.5. The smallest absolute Gasteiger partial charge is 0.417 e. The lowest BCUT2D eigenvalue weighted by atomic mass is 10.3. The second-order valence-electron chi connectivity index (χ2n) is 4.32. The van der Waals surface area contributed by atoms with E-state index in [-0.39, 0.29) is 16.8 Å². The predicted molar refractivity (Wildman–Crippen MR) is 75.1 cm³/mol. The van der Waals surface area contributed by atoms with Gasteiger partial charge in [-0.25, -0.2) is 4.98 Å². The van der Waals surface area contributed by atoms with E-state index in [1.54, 1.807) is 12.1 Å². The van der Waals surface area contributed by atoms with E-state index < -0.39 is 11.7 Å². The van der Waals surface area contributed by atoms with E-state index in [9.17, 15) is 18.0 Å². The van der Waals surface area contributed by atoms with E-state index in [1.165, 1.54) is 19.1 Å². The van der Waals surface area contributed by atoms with Crippen LogP contribution >= 0.6 is 11.6 Å². The molecule has 0 radical (unpaired) electrons. The topological polar surface area (TPSA) is 51.2 Å². The zero-order chi connectivity index (χ0) is 16.3. The molecular formula is C14H10ClF3N2O2. The largest absolute Gasteiger partial charge is 0.438 e. The molecule has 0 aliphatic carbocycles. The highest BCUT2D eigenvalue weighted by molar-refractivity contribution is 6.31. The number of rotatable bonds is 3. The van der Waals surface area contributed by atoms with Crippen molar-refractivity contribution < 1.29 is 22.7 Å². The van der Waals surface area contributed by atoms with Crippen LogP contribution in [0.1, 0.15) is 12.5 Å². The zero-order valence-electron chi connectivity index (χ0n) is 11.2. The van der Waals surface area contributed by atoms with Crippen LogP contribution in [0.15, 0.2) is 36.5 Å². The van der Waals surface area contributed by atoms with Gasteiger partial charge in [0.25, 0.3) is 0 Å². The van der Waals surface area contributed by atoms with Crippen molar-refractivity contribution in [1.29, 1.82) is 0 Å². The number of halogens is 4. The minimum Gasteiger partial charge on any atom is -0.438 e. The summed E-state index contributed by atoms with van der Waals surface area (Å²) in [5, 5.41) is 2.32. The molecule has 0 fully saturated rings. The summed E-state index contributed by atoms with van der Waals surface area (Å²) in [6.45, 7) is 1.37. The Balaban J connectivity index is 2.15. The molecule has 1 amide bonds. The molecule has 4 nitrogen and oxygen atoms in total. The molecule has 1 aromatic heterocycles. The van der Waals surface area contributed by atoms with Crippen LogP contribution in [0.4, 0.5) is 18.9 Å². The SMILES string of the molecule is CC(=O)Nc1ccc(Oc2ncc(C(F)(F)F)cc2Cl)cc1. The van der Waals surface area contributed by atoms with Gasteiger partial charge in [-0.1, -0.05) is 11.6 Å². The third-order valence-electron chi connectivity index (χ3n) is 2.52. The van der Waals surface area contributed by atoms with E-state index in [4.69, 9.17) is 16.3 Å². The van der Waals surface area contributed by atoms with E-state index in [2.05, 4.69) is 10.3 Å². The fraction of sp³-hybridized carbons (Fsp3) is 0.143. The highest BCUT2D eigenvalue weighted by atomic mass is 35.5. The minimum absolute atomic E-state index is 0.137. The van der Waals surface area contributed by atoms with Crippen molar-refractivity contribution in [3.8, 4) is 11.6 Å². The summed E-state index contributed by atoms with van der Waals surface area (Å²) < 4.78 is 42.8. The van der Waals surface area contributed by atoms with Crippen LogP contribution < -0.4 is 10.1 Å². The molecule has 8 heteroatoms. The van der Waals surface area contributed by atoms with E-state index in [0.29, 0.717) is 17.6 Å². The normalized spacial score (nSPS) is 11.1. The van der Waals surface area contributed by atoms with Crippen molar-refractivity contribution in [1.82, 2.24) is 4.98 Å². The summed E-state index contributed by atoms with van der Waals surface area (Å²) in [5.41, 5.74) is -0.391. The third-order valence-corrected chi connectivity index (χ3v) is 2.79. The number of nitrogens with zero attached hydrogens (tertiary/aromatic N) is 1. The Hall–Kier alpha value is -2.28. The van der Waals surface area contributed by atoms with Gasteiger partial charge in [-0.15, -0.1) is 0 Å². The molecule has 0 spiro atoms. The van der Waals surface area contributed by atoms with Crippen LogP contribution in [-0.2, 0) is 11.0 Å². The standard InChI is InChI=1S/C14H10ClF3N2O2/c1-8(21)20-10-2-4-11(5-3-10)22-13-12(15)6-9(7-19-13)14(16,17)18/h2-7H,1H3,(H,20,21). The fourth-order valence-corrected chi connectivity index (χ4v) is 1.78. The Morgan fingerprint density at radius 3 is 2.41 bits per heavy atom. The van der Waals surface area contributed by atoms with Gasteiger partial charge in [0.15, 0.2) is 0 Å². The maximum Gasteiger partial charge on any atom is 0.417 e. The molecule has 0 aliphatic heterocycles. The van der Waals surface area contributed by atoms with Crippen LogP contribution in [0.3, 0.4) is 0 Å². The summed E-state index contributed by atoms with van der Waals surface area (Å²) in [6, 6.07) is 6.96. The van der Waals surface area contributed by atoms with Gasteiger partial charge >= 0.3 is 6.18 Å². The zero-order valence-corrected chi connectivity index (χ0v) is 12.0. The molecule has 0 saturated carbocycles. The van der Waals surface area contributed by atoms with Gasteiger partial charge in [0.05, 0.1) is 5.56 Å². The highest BCUT2D eigenvalue weighted by Crippen LogP contribution is 2.34. The maximum atomic E-state index is 12.5. The molecular weight excluding hydrogens is 321 g/mol. The van der Waals surface area contributed by atoms with Gasteiger partial charge in [-0.3, -0.25) is 4.79 Å². The number of carbonyl (C=O) groups is 1. The number of aromatic nitrogens is 1. The van der Waals surface area contributed by atoms with Gasteiger partial charge in [0, 0.05) is 18.8 Å². The first-order chi connectivity index (χ1) is 10.3. The molecule has 0 saturated heterocycles. The van der Waals surface area contributed by atoms with Crippen LogP contribution in [0.25, 0.3) is 0 Å². The summed E-state index contributed by atoms with van der Waals surface area (Å²) in [6.07, 6.45) is -3.87. The molecule has 2 rings (SSSR count). The number of benzene rings is 1. The van der Waals surface area contributed by atoms with Crippen molar-refractivity contribution >= 4 is 23.2 Å². The van der Waals surface area contributed by atoms with Gasteiger partial charge in [0.1, 0.15) is 10.8 Å². The lowest BCUT2D eigenvalue weighted by Gasteiger charge is -2.10. The van der Waals surface area contributed by atoms with Gasteiger partial charge in [0.2, 0.25) is 11.8 Å². The Kier molecular flexibility index (Phi) is 4.56. The van der Waals surface area contributed by atoms with E-state index in [1.807, 2.05) is 0 Å². The van der Waals surface area contributed by atoms with Gasteiger partial charge < -0.3 is 10.1 Å². The quantitative estimate of drug-likeness (QED) is 0.901. The Bertz CT molecular complexity index is 687. The van der Waals surface area contributed by atoms with Crippen molar-refractivity contribution in [2.75, 3.05) is 5.32 Å². The molecule has 1 aromatic carbocycles. The first kappa shape index (κ1) is 16.1. The molecule has 0 bridgehead atoms.